The van der Waals surface area contributed by atoms with Crippen LogP contribution < -0.4 is 10.3 Å². The van der Waals surface area contributed by atoms with Gasteiger partial charge in [0.25, 0.3) is 5.56 Å². The second kappa shape index (κ2) is 7.31. The largest absolute Gasteiger partial charge is 0.318 e. The minimum Gasteiger partial charge on any atom is -0.318 e. The second-order valence-electron chi connectivity index (χ2n) is 8.48. The van der Waals surface area contributed by atoms with E-state index in [1.54, 1.807) is 17.8 Å². The van der Waals surface area contributed by atoms with E-state index in [0.717, 1.165) is 60.6 Å². The number of nitrogens with zero attached hydrogens (tertiary/aromatic N) is 3. The molecule has 28 heavy (non-hydrogen) atoms. The number of anilines is 1. The number of pyridine rings is 1. The highest BCUT2D eigenvalue weighted by Crippen LogP contribution is 2.40. The van der Waals surface area contributed by atoms with E-state index in [1.165, 1.54) is 0 Å². The third-order valence-corrected chi connectivity index (χ3v) is 5.65. The molecule has 8 heteroatoms. The molecule has 0 unspecified atom stereocenters. The first-order chi connectivity index (χ1) is 13.0. The highest BCUT2D eigenvalue weighted by atomic mass is 32.2. The van der Waals surface area contributed by atoms with Gasteiger partial charge in [-0.05, 0) is 42.2 Å². The van der Waals surface area contributed by atoms with Crippen molar-refractivity contribution in [2.45, 2.75) is 52.9 Å². The van der Waals surface area contributed by atoms with Crippen molar-refractivity contribution in [3.05, 3.63) is 39.4 Å². The summed E-state index contributed by atoms with van der Waals surface area (Å²) in [6, 6.07) is 0. The van der Waals surface area contributed by atoms with Gasteiger partial charge >= 0.3 is 0 Å². The average molecular weight is 405 g/mol. The van der Waals surface area contributed by atoms with E-state index in [1.807, 2.05) is 6.20 Å². The Labute approximate surface area is 166 Å². The van der Waals surface area contributed by atoms with Gasteiger partial charge in [0.05, 0.1) is 11.9 Å². The van der Waals surface area contributed by atoms with Gasteiger partial charge in [0.2, 0.25) is 16.0 Å². The van der Waals surface area contributed by atoms with E-state index in [2.05, 4.69) is 35.5 Å². The fraction of sp³-hybridized carbons (Fsp3) is 0.550. The van der Waals surface area contributed by atoms with Crippen LogP contribution in [0.3, 0.4) is 0 Å². The van der Waals surface area contributed by atoms with Gasteiger partial charge in [-0.15, -0.1) is 0 Å². The maximum Gasteiger partial charge on any atom is 0.253 e. The second-order valence-corrected chi connectivity index (χ2v) is 10.2. The molecule has 152 valence electrons. The van der Waals surface area contributed by atoms with E-state index in [4.69, 9.17) is 0 Å². The van der Waals surface area contributed by atoms with Crippen LogP contribution in [0.2, 0.25) is 0 Å². The molecule has 0 spiro atoms. The number of nitrogens with one attached hydrogen (secondary N) is 1. The molecule has 0 atom stereocenters. The molecule has 2 heterocycles. The highest BCUT2D eigenvalue weighted by Gasteiger charge is 2.34. The molecule has 1 N–H and O–H groups in total. The van der Waals surface area contributed by atoms with Crippen LogP contribution in [-0.2, 0) is 36.3 Å². The number of unbranched alkanes of at least 4 members (excludes halogenated alkanes) is 1. The van der Waals surface area contributed by atoms with Crippen molar-refractivity contribution >= 4 is 16.0 Å². The van der Waals surface area contributed by atoms with Crippen molar-refractivity contribution in [2.24, 2.45) is 12.5 Å². The zero-order valence-corrected chi connectivity index (χ0v) is 18.0. The van der Waals surface area contributed by atoms with Crippen LogP contribution in [0.25, 0.3) is 11.3 Å². The summed E-state index contributed by atoms with van der Waals surface area (Å²) in [5.41, 5.74) is 4.47. The van der Waals surface area contributed by atoms with Gasteiger partial charge in [-0.2, -0.15) is 0 Å². The van der Waals surface area contributed by atoms with Gasteiger partial charge in [-0.1, -0.05) is 27.2 Å². The zero-order chi connectivity index (χ0) is 20.7. The van der Waals surface area contributed by atoms with E-state index < -0.39 is 10.0 Å². The molecule has 0 radical (unpaired) electrons. The Balaban J connectivity index is 2.22. The van der Waals surface area contributed by atoms with Crippen molar-refractivity contribution in [3.8, 4) is 11.3 Å². The number of sulfonamides is 1. The minimum absolute atomic E-state index is 0.00897. The number of aromatic nitrogens is 3. The van der Waals surface area contributed by atoms with Gasteiger partial charge < -0.3 is 4.57 Å². The molecule has 0 saturated heterocycles. The van der Waals surface area contributed by atoms with Gasteiger partial charge in [-0.25, -0.2) is 18.4 Å². The zero-order valence-electron chi connectivity index (χ0n) is 17.2. The first kappa shape index (κ1) is 20.5. The molecule has 0 saturated carbocycles. The average Bonchev–Trinajstić information content (AvgIpc) is 2.91. The Morgan fingerprint density at radius 3 is 2.57 bits per heavy atom. The first-order valence-corrected chi connectivity index (χ1v) is 11.5. The monoisotopic (exact) mass is 404 g/mol. The molecule has 2 aromatic heterocycles. The molecule has 7 nitrogen and oxygen atoms in total. The van der Waals surface area contributed by atoms with Gasteiger partial charge in [-0.3, -0.25) is 9.52 Å². The van der Waals surface area contributed by atoms with Crippen LogP contribution >= 0.6 is 0 Å². The van der Waals surface area contributed by atoms with Crippen LogP contribution in [0, 0.1) is 5.41 Å². The highest BCUT2D eigenvalue weighted by molar-refractivity contribution is 7.91. The summed E-state index contributed by atoms with van der Waals surface area (Å²) in [4.78, 5) is 21.4. The van der Waals surface area contributed by atoms with Crippen molar-refractivity contribution in [3.63, 3.8) is 0 Å². The maximum atomic E-state index is 12.7. The van der Waals surface area contributed by atoms with Crippen LogP contribution in [0.1, 0.15) is 50.3 Å². The molecule has 0 amide bonds. The lowest BCUT2D eigenvalue weighted by Crippen LogP contribution is -2.22. The predicted octanol–water partition coefficient (Wildman–Crippen LogP) is 2.68. The number of hydrogen-bond acceptors (Lipinski definition) is 5. The third-order valence-electron chi connectivity index (χ3n) is 5.10. The van der Waals surface area contributed by atoms with Crippen molar-refractivity contribution in [2.75, 3.05) is 11.0 Å². The van der Waals surface area contributed by atoms with Crippen molar-refractivity contribution in [1.29, 1.82) is 0 Å². The Morgan fingerprint density at radius 2 is 1.93 bits per heavy atom. The summed E-state index contributed by atoms with van der Waals surface area (Å²) < 4.78 is 27.2. The SMILES string of the molecule is CCCCc1cnc(NS(C)(=O)=O)nc1-c1cn(C)c(=O)c2c1CC(C)(C)C2. The van der Waals surface area contributed by atoms with Crippen molar-refractivity contribution in [1.82, 2.24) is 14.5 Å². The fourth-order valence-corrected chi connectivity index (χ4v) is 4.28. The van der Waals surface area contributed by atoms with Crippen LogP contribution in [-0.4, -0.2) is 29.2 Å². The molecule has 2 aromatic rings. The fourth-order valence-electron chi connectivity index (χ4n) is 3.85. The van der Waals surface area contributed by atoms with Gasteiger partial charge in [0.15, 0.2) is 0 Å². The van der Waals surface area contributed by atoms with Gasteiger partial charge in [0, 0.05) is 30.6 Å². The molecule has 1 aliphatic carbocycles. The smallest absolute Gasteiger partial charge is 0.253 e. The van der Waals surface area contributed by atoms with E-state index >= 15 is 0 Å². The Bertz CT molecular complexity index is 1070. The van der Waals surface area contributed by atoms with E-state index in [-0.39, 0.29) is 16.9 Å². The van der Waals surface area contributed by atoms with Gasteiger partial charge in [0.1, 0.15) is 0 Å². The lowest BCUT2D eigenvalue weighted by molar-refractivity contribution is 0.392. The van der Waals surface area contributed by atoms with E-state index in [9.17, 15) is 13.2 Å². The molecule has 0 aliphatic heterocycles. The number of aryl methyl sites for hydroxylation is 2. The standard InChI is InChI=1S/C20H28N4O3S/c1-6-7-8-13-11-21-19(23-28(5,26)27)22-17(13)16-12-24(4)18(25)15-10-20(2,3)9-14(15)16/h11-12H,6-10H2,1-5H3,(H,21,22,23). The van der Waals surface area contributed by atoms with Crippen molar-refractivity contribution < 1.29 is 8.42 Å². The summed E-state index contributed by atoms with van der Waals surface area (Å²) in [5, 5.41) is 0. The summed E-state index contributed by atoms with van der Waals surface area (Å²) >= 11 is 0. The maximum absolute atomic E-state index is 12.7. The van der Waals surface area contributed by atoms with Crippen LogP contribution in [0.15, 0.2) is 17.2 Å². The molecular formula is C20H28N4O3S. The van der Waals surface area contributed by atoms with Crippen LogP contribution in [0.5, 0.6) is 0 Å². The quantitative estimate of drug-likeness (QED) is 0.799. The lowest BCUT2D eigenvalue weighted by Gasteiger charge is -2.16. The minimum atomic E-state index is -3.48. The molecular weight excluding hydrogens is 376 g/mol. The first-order valence-electron chi connectivity index (χ1n) is 9.56. The topological polar surface area (TPSA) is 93.9 Å². The molecule has 0 aromatic carbocycles. The molecule has 0 fully saturated rings. The third kappa shape index (κ3) is 4.27. The number of rotatable bonds is 6. The Kier molecular flexibility index (Phi) is 5.36. The Morgan fingerprint density at radius 1 is 1.25 bits per heavy atom. The summed E-state index contributed by atoms with van der Waals surface area (Å²) in [5.74, 6) is 0.0533. The van der Waals surface area contributed by atoms with E-state index in [0.29, 0.717) is 5.69 Å². The summed E-state index contributed by atoms with van der Waals surface area (Å²) in [6.07, 6.45) is 8.93. The predicted molar refractivity (Wildman–Crippen MR) is 111 cm³/mol. The summed E-state index contributed by atoms with van der Waals surface area (Å²) in [7, 11) is -1.73. The van der Waals surface area contributed by atoms with Crippen LogP contribution in [0.4, 0.5) is 5.95 Å². The number of hydrogen-bond donors (Lipinski definition) is 1. The molecule has 3 rings (SSSR count). The summed E-state index contributed by atoms with van der Waals surface area (Å²) in [6.45, 7) is 6.43. The lowest BCUT2D eigenvalue weighted by atomic mass is 9.89. The molecule has 1 aliphatic rings. The Hall–Kier alpha value is -2.22. The molecule has 0 bridgehead atoms. The number of fused-ring (bicyclic) bond motifs is 1. The normalized spacial score (nSPS) is 15.5.